The quantitative estimate of drug-likeness (QED) is 0.898. The molecule has 3 nitrogen and oxygen atoms in total. The van der Waals surface area contributed by atoms with E-state index in [1.165, 1.54) is 19.3 Å². The van der Waals surface area contributed by atoms with Gasteiger partial charge in [-0.15, -0.1) is 0 Å². The lowest BCUT2D eigenvalue weighted by atomic mass is 10.0. The number of benzene rings is 1. The molecule has 1 aliphatic carbocycles. The van der Waals surface area contributed by atoms with Gasteiger partial charge in [-0.1, -0.05) is 37.3 Å². The minimum absolute atomic E-state index is 0.515. The van der Waals surface area contributed by atoms with E-state index in [0.717, 1.165) is 35.4 Å². The molecule has 0 aliphatic heterocycles. The molecule has 21 heavy (non-hydrogen) atoms. The number of hydrogen-bond acceptors (Lipinski definition) is 3. The number of nitrogens with zero attached hydrogens (tertiary/aromatic N) is 2. The van der Waals surface area contributed by atoms with Gasteiger partial charge in [-0.2, -0.15) is 0 Å². The zero-order chi connectivity index (χ0) is 14.7. The standard InChI is InChI=1S/C18H23N3/c1-3-19-17-12-16(14-7-5-4-6-8-14)20-18(21-17)15-10-9-13(2)11-15/h4-8,12-13,15H,3,9-11H2,1-2H3,(H,19,20,21). The zero-order valence-electron chi connectivity index (χ0n) is 12.8. The molecule has 1 aromatic heterocycles. The Morgan fingerprint density at radius 3 is 2.62 bits per heavy atom. The van der Waals surface area contributed by atoms with E-state index in [1.807, 2.05) is 6.07 Å². The third-order valence-electron chi connectivity index (χ3n) is 4.23. The van der Waals surface area contributed by atoms with E-state index in [-0.39, 0.29) is 0 Å². The Morgan fingerprint density at radius 2 is 1.95 bits per heavy atom. The Balaban J connectivity index is 1.98. The number of nitrogens with one attached hydrogen (secondary N) is 1. The molecule has 1 N–H and O–H groups in total. The van der Waals surface area contributed by atoms with Gasteiger partial charge in [0.1, 0.15) is 11.6 Å². The number of aromatic nitrogens is 2. The minimum Gasteiger partial charge on any atom is -0.370 e. The summed E-state index contributed by atoms with van der Waals surface area (Å²) in [4.78, 5) is 9.59. The number of anilines is 1. The number of hydrogen-bond donors (Lipinski definition) is 1. The Bertz CT molecular complexity index is 595. The molecule has 0 radical (unpaired) electrons. The van der Waals surface area contributed by atoms with Gasteiger partial charge < -0.3 is 5.32 Å². The van der Waals surface area contributed by atoms with Crippen LogP contribution in [0.4, 0.5) is 5.82 Å². The molecule has 0 saturated heterocycles. The highest BCUT2D eigenvalue weighted by atomic mass is 15.0. The van der Waals surface area contributed by atoms with Crippen molar-refractivity contribution in [1.82, 2.24) is 9.97 Å². The molecule has 1 fully saturated rings. The van der Waals surface area contributed by atoms with Crippen LogP contribution in [0.3, 0.4) is 0 Å². The fourth-order valence-corrected chi connectivity index (χ4v) is 3.12. The van der Waals surface area contributed by atoms with Crippen molar-refractivity contribution >= 4 is 5.82 Å². The van der Waals surface area contributed by atoms with E-state index in [2.05, 4.69) is 49.5 Å². The van der Waals surface area contributed by atoms with Crippen molar-refractivity contribution in [2.45, 2.75) is 39.0 Å². The van der Waals surface area contributed by atoms with Gasteiger partial charge in [0.15, 0.2) is 0 Å². The molecule has 1 aliphatic rings. The van der Waals surface area contributed by atoms with Crippen molar-refractivity contribution in [1.29, 1.82) is 0 Å². The molecule has 2 unspecified atom stereocenters. The third-order valence-corrected chi connectivity index (χ3v) is 4.23. The second-order valence-corrected chi connectivity index (χ2v) is 6.01. The molecule has 3 heteroatoms. The van der Waals surface area contributed by atoms with Crippen LogP contribution in [0.5, 0.6) is 0 Å². The largest absolute Gasteiger partial charge is 0.370 e. The fraction of sp³-hybridized carbons (Fsp3) is 0.444. The van der Waals surface area contributed by atoms with E-state index >= 15 is 0 Å². The van der Waals surface area contributed by atoms with E-state index in [1.54, 1.807) is 0 Å². The fourth-order valence-electron chi connectivity index (χ4n) is 3.12. The summed E-state index contributed by atoms with van der Waals surface area (Å²) in [6.45, 7) is 5.31. The van der Waals surface area contributed by atoms with Crippen molar-refractivity contribution in [2.24, 2.45) is 5.92 Å². The van der Waals surface area contributed by atoms with Crippen LogP contribution in [0.1, 0.15) is 44.9 Å². The maximum Gasteiger partial charge on any atom is 0.134 e. The SMILES string of the molecule is CCNc1cc(-c2ccccc2)nc(C2CCC(C)C2)n1. The van der Waals surface area contributed by atoms with E-state index < -0.39 is 0 Å². The van der Waals surface area contributed by atoms with Crippen LogP contribution in [-0.4, -0.2) is 16.5 Å². The molecular weight excluding hydrogens is 258 g/mol. The van der Waals surface area contributed by atoms with Crippen LogP contribution >= 0.6 is 0 Å². The van der Waals surface area contributed by atoms with Gasteiger partial charge >= 0.3 is 0 Å². The Morgan fingerprint density at radius 1 is 1.14 bits per heavy atom. The van der Waals surface area contributed by atoms with Crippen LogP contribution in [0.2, 0.25) is 0 Å². The normalized spacial score (nSPS) is 21.4. The topological polar surface area (TPSA) is 37.8 Å². The monoisotopic (exact) mass is 281 g/mol. The third kappa shape index (κ3) is 3.23. The molecule has 110 valence electrons. The first-order valence-electron chi connectivity index (χ1n) is 7.94. The lowest BCUT2D eigenvalue weighted by Crippen LogP contribution is -2.07. The average molecular weight is 281 g/mol. The zero-order valence-corrected chi connectivity index (χ0v) is 12.8. The van der Waals surface area contributed by atoms with Gasteiger partial charge in [0, 0.05) is 24.1 Å². The maximum absolute atomic E-state index is 4.85. The summed E-state index contributed by atoms with van der Waals surface area (Å²) >= 11 is 0. The molecule has 2 aromatic rings. The molecular formula is C18H23N3. The van der Waals surface area contributed by atoms with Crippen LogP contribution in [0.25, 0.3) is 11.3 Å². The van der Waals surface area contributed by atoms with Gasteiger partial charge in [-0.3, -0.25) is 0 Å². The first kappa shape index (κ1) is 14.1. The summed E-state index contributed by atoms with van der Waals surface area (Å²) in [5.41, 5.74) is 2.18. The highest BCUT2D eigenvalue weighted by Crippen LogP contribution is 2.37. The van der Waals surface area contributed by atoms with Gasteiger partial charge in [-0.25, -0.2) is 9.97 Å². The molecule has 1 heterocycles. The predicted octanol–water partition coefficient (Wildman–Crippen LogP) is 4.48. The van der Waals surface area contributed by atoms with Crippen molar-refractivity contribution in [3.63, 3.8) is 0 Å². The Hall–Kier alpha value is -1.90. The minimum atomic E-state index is 0.515. The average Bonchev–Trinajstić information content (AvgIpc) is 2.95. The van der Waals surface area contributed by atoms with Crippen molar-refractivity contribution in [3.8, 4) is 11.3 Å². The molecule has 0 bridgehead atoms. The summed E-state index contributed by atoms with van der Waals surface area (Å²) in [6, 6.07) is 12.4. The van der Waals surface area contributed by atoms with Crippen molar-refractivity contribution in [2.75, 3.05) is 11.9 Å². The molecule has 0 amide bonds. The van der Waals surface area contributed by atoms with Gasteiger partial charge in [0.05, 0.1) is 5.69 Å². The van der Waals surface area contributed by atoms with Crippen LogP contribution < -0.4 is 5.32 Å². The Labute approximate surface area is 126 Å². The van der Waals surface area contributed by atoms with E-state index in [0.29, 0.717) is 5.92 Å². The molecule has 0 spiro atoms. The van der Waals surface area contributed by atoms with Crippen molar-refractivity contribution < 1.29 is 0 Å². The first-order valence-corrected chi connectivity index (χ1v) is 7.94. The smallest absolute Gasteiger partial charge is 0.134 e. The maximum atomic E-state index is 4.85. The summed E-state index contributed by atoms with van der Waals surface area (Å²) < 4.78 is 0. The van der Waals surface area contributed by atoms with Gasteiger partial charge in [0.25, 0.3) is 0 Å². The summed E-state index contributed by atoms with van der Waals surface area (Å²) in [5.74, 6) is 3.26. The van der Waals surface area contributed by atoms with Crippen LogP contribution in [0, 0.1) is 5.92 Å². The van der Waals surface area contributed by atoms with Gasteiger partial charge in [-0.05, 0) is 32.1 Å². The lowest BCUT2D eigenvalue weighted by Gasteiger charge is -2.13. The van der Waals surface area contributed by atoms with Gasteiger partial charge in [0.2, 0.25) is 0 Å². The molecule has 1 saturated carbocycles. The van der Waals surface area contributed by atoms with E-state index in [4.69, 9.17) is 9.97 Å². The lowest BCUT2D eigenvalue weighted by molar-refractivity contribution is 0.586. The predicted molar refractivity (Wildman–Crippen MR) is 87.4 cm³/mol. The molecule has 3 rings (SSSR count). The molecule has 2 atom stereocenters. The summed E-state index contributed by atoms with van der Waals surface area (Å²) in [6.07, 6.45) is 3.72. The molecule has 1 aromatic carbocycles. The summed E-state index contributed by atoms with van der Waals surface area (Å²) in [5, 5.41) is 3.34. The highest BCUT2D eigenvalue weighted by molar-refractivity contribution is 5.62. The summed E-state index contributed by atoms with van der Waals surface area (Å²) in [7, 11) is 0. The first-order chi connectivity index (χ1) is 10.3. The van der Waals surface area contributed by atoms with Crippen molar-refractivity contribution in [3.05, 3.63) is 42.2 Å². The van der Waals surface area contributed by atoms with Crippen LogP contribution in [-0.2, 0) is 0 Å². The number of rotatable bonds is 4. The second kappa shape index (κ2) is 6.25. The van der Waals surface area contributed by atoms with E-state index in [9.17, 15) is 0 Å². The Kier molecular flexibility index (Phi) is 4.18. The second-order valence-electron chi connectivity index (χ2n) is 6.01. The van der Waals surface area contributed by atoms with Crippen LogP contribution in [0.15, 0.2) is 36.4 Å². The highest BCUT2D eigenvalue weighted by Gasteiger charge is 2.25.